The standard InChI is InChI=1S/C20H28N2O2/c1-4-14(5-2)20(23)22-10-8-15(9-11-22)19-13-16-12-17(24-3)6-7-18(16)21-19/h6-7,12-15,21H,4-5,8-11H2,1-3H3. The van der Waals surface area contributed by atoms with Crippen molar-refractivity contribution in [2.45, 2.75) is 45.4 Å². The third kappa shape index (κ3) is 3.28. The predicted octanol–water partition coefficient (Wildman–Crippen LogP) is 4.32. The van der Waals surface area contributed by atoms with Crippen LogP contribution in [0.1, 0.15) is 51.1 Å². The maximum Gasteiger partial charge on any atom is 0.225 e. The van der Waals surface area contributed by atoms with Gasteiger partial charge in [0.25, 0.3) is 0 Å². The van der Waals surface area contributed by atoms with Crippen molar-refractivity contribution >= 4 is 16.8 Å². The van der Waals surface area contributed by atoms with Crippen molar-refractivity contribution in [3.63, 3.8) is 0 Å². The zero-order valence-corrected chi connectivity index (χ0v) is 15.0. The number of piperidine rings is 1. The van der Waals surface area contributed by atoms with Gasteiger partial charge in [-0.1, -0.05) is 13.8 Å². The third-order valence-corrected chi connectivity index (χ3v) is 5.43. The third-order valence-electron chi connectivity index (χ3n) is 5.43. The zero-order chi connectivity index (χ0) is 17.1. The van der Waals surface area contributed by atoms with Gasteiger partial charge in [-0.05, 0) is 49.9 Å². The number of aromatic amines is 1. The molecule has 4 nitrogen and oxygen atoms in total. The second kappa shape index (κ2) is 7.29. The Morgan fingerprint density at radius 1 is 1.25 bits per heavy atom. The number of rotatable bonds is 5. The lowest BCUT2D eigenvalue weighted by Gasteiger charge is -2.33. The minimum atomic E-state index is 0.196. The number of carbonyl (C=O) groups excluding carboxylic acids is 1. The van der Waals surface area contributed by atoms with Crippen LogP contribution in [0, 0.1) is 5.92 Å². The number of ether oxygens (including phenoxy) is 1. The molecule has 0 aliphatic carbocycles. The van der Waals surface area contributed by atoms with E-state index in [0.717, 1.165) is 50.0 Å². The molecule has 1 aliphatic rings. The highest BCUT2D eigenvalue weighted by molar-refractivity contribution is 5.82. The molecule has 0 unspecified atom stereocenters. The molecule has 0 atom stereocenters. The molecule has 2 heterocycles. The second-order valence-corrected chi connectivity index (χ2v) is 6.79. The lowest BCUT2D eigenvalue weighted by Crippen LogP contribution is -2.41. The monoisotopic (exact) mass is 328 g/mol. The van der Waals surface area contributed by atoms with E-state index in [1.165, 1.54) is 11.1 Å². The van der Waals surface area contributed by atoms with Crippen LogP contribution in [-0.4, -0.2) is 36.0 Å². The number of methoxy groups -OCH3 is 1. The minimum Gasteiger partial charge on any atom is -0.497 e. The SMILES string of the molecule is CCC(CC)C(=O)N1CCC(c2cc3cc(OC)ccc3[nH]2)CC1. The zero-order valence-electron chi connectivity index (χ0n) is 15.0. The first-order chi connectivity index (χ1) is 11.7. The van der Waals surface area contributed by atoms with Gasteiger partial charge in [-0.15, -0.1) is 0 Å². The maximum atomic E-state index is 12.5. The van der Waals surface area contributed by atoms with Crippen LogP contribution in [0.2, 0.25) is 0 Å². The van der Waals surface area contributed by atoms with Gasteiger partial charge in [0.1, 0.15) is 5.75 Å². The van der Waals surface area contributed by atoms with Crippen molar-refractivity contribution in [1.29, 1.82) is 0 Å². The van der Waals surface area contributed by atoms with Gasteiger partial charge in [0.2, 0.25) is 5.91 Å². The van der Waals surface area contributed by atoms with Crippen molar-refractivity contribution in [3.05, 3.63) is 30.0 Å². The summed E-state index contributed by atoms with van der Waals surface area (Å²) in [5.74, 6) is 1.94. The maximum absolute atomic E-state index is 12.5. The van der Waals surface area contributed by atoms with Crippen molar-refractivity contribution in [2.75, 3.05) is 20.2 Å². The van der Waals surface area contributed by atoms with Crippen LogP contribution in [0.4, 0.5) is 0 Å². The average Bonchev–Trinajstić information content (AvgIpc) is 3.05. The number of likely N-dealkylation sites (tertiary alicyclic amines) is 1. The van der Waals surface area contributed by atoms with Gasteiger partial charge < -0.3 is 14.6 Å². The van der Waals surface area contributed by atoms with Crippen molar-refractivity contribution in [3.8, 4) is 5.75 Å². The quantitative estimate of drug-likeness (QED) is 0.888. The summed E-state index contributed by atoms with van der Waals surface area (Å²) in [6.45, 7) is 5.96. The predicted molar refractivity (Wildman–Crippen MR) is 97.5 cm³/mol. The van der Waals surface area contributed by atoms with E-state index >= 15 is 0 Å². The van der Waals surface area contributed by atoms with Crippen LogP contribution in [-0.2, 0) is 4.79 Å². The molecule has 0 bridgehead atoms. The number of benzene rings is 1. The second-order valence-electron chi connectivity index (χ2n) is 6.79. The summed E-state index contributed by atoms with van der Waals surface area (Å²) < 4.78 is 5.30. The van der Waals surface area contributed by atoms with E-state index in [2.05, 4.69) is 41.9 Å². The molecule has 1 aromatic heterocycles. The molecule has 1 amide bonds. The van der Waals surface area contributed by atoms with Gasteiger partial charge in [0.15, 0.2) is 0 Å². The molecule has 1 fully saturated rings. The lowest BCUT2D eigenvalue weighted by atomic mass is 9.92. The Morgan fingerprint density at radius 3 is 2.58 bits per heavy atom. The molecule has 1 N–H and O–H groups in total. The molecule has 0 spiro atoms. The van der Waals surface area contributed by atoms with E-state index in [9.17, 15) is 4.79 Å². The molecule has 0 radical (unpaired) electrons. The first-order valence-corrected chi connectivity index (χ1v) is 9.11. The Hall–Kier alpha value is -1.97. The van der Waals surface area contributed by atoms with Crippen LogP contribution < -0.4 is 4.74 Å². The first kappa shape index (κ1) is 16.9. The minimum absolute atomic E-state index is 0.196. The number of fused-ring (bicyclic) bond motifs is 1. The number of hydrogen-bond acceptors (Lipinski definition) is 2. The summed E-state index contributed by atoms with van der Waals surface area (Å²) in [4.78, 5) is 18.1. The fourth-order valence-corrected chi connectivity index (χ4v) is 3.79. The molecule has 2 aromatic rings. The number of nitrogens with one attached hydrogen (secondary N) is 1. The smallest absolute Gasteiger partial charge is 0.225 e. The number of nitrogens with zero attached hydrogens (tertiary/aromatic N) is 1. The largest absolute Gasteiger partial charge is 0.497 e. The fourth-order valence-electron chi connectivity index (χ4n) is 3.79. The summed E-state index contributed by atoms with van der Waals surface area (Å²) in [7, 11) is 1.70. The van der Waals surface area contributed by atoms with Crippen LogP contribution in [0.3, 0.4) is 0 Å². The van der Waals surface area contributed by atoms with Gasteiger partial charge >= 0.3 is 0 Å². The molecular formula is C20H28N2O2. The van der Waals surface area contributed by atoms with Crippen LogP contribution in [0.15, 0.2) is 24.3 Å². The van der Waals surface area contributed by atoms with E-state index < -0.39 is 0 Å². The molecule has 1 aliphatic heterocycles. The molecular weight excluding hydrogens is 300 g/mol. The van der Waals surface area contributed by atoms with E-state index in [1.54, 1.807) is 7.11 Å². The molecule has 24 heavy (non-hydrogen) atoms. The van der Waals surface area contributed by atoms with Crippen LogP contribution in [0.5, 0.6) is 5.75 Å². The number of H-pyrrole nitrogens is 1. The molecule has 0 saturated carbocycles. The Morgan fingerprint density at radius 2 is 1.96 bits per heavy atom. The number of hydrogen-bond donors (Lipinski definition) is 1. The first-order valence-electron chi connectivity index (χ1n) is 9.11. The lowest BCUT2D eigenvalue weighted by molar-refractivity contribution is -0.136. The average molecular weight is 328 g/mol. The highest BCUT2D eigenvalue weighted by atomic mass is 16.5. The van der Waals surface area contributed by atoms with E-state index in [4.69, 9.17) is 4.74 Å². The Kier molecular flexibility index (Phi) is 5.12. The molecule has 1 saturated heterocycles. The summed E-state index contributed by atoms with van der Waals surface area (Å²) in [5, 5.41) is 1.19. The van der Waals surface area contributed by atoms with Crippen molar-refractivity contribution in [1.82, 2.24) is 9.88 Å². The Labute approximate surface area is 144 Å². The van der Waals surface area contributed by atoms with E-state index in [-0.39, 0.29) is 5.92 Å². The van der Waals surface area contributed by atoms with Gasteiger partial charge in [0.05, 0.1) is 7.11 Å². The molecule has 1 aromatic carbocycles. The highest BCUT2D eigenvalue weighted by Crippen LogP contribution is 2.31. The normalized spacial score (nSPS) is 16.1. The van der Waals surface area contributed by atoms with Crippen LogP contribution in [0.25, 0.3) is 10.9 Å². The molecule has 130 valence electrons. The Balaban J connectivity index is 1.67. The van der Waals surface area contributed by atoms with Crippen LogP contribution >= 0.6 is 0 Å². The summed E-state index contributed by atoms with van der Waals surface area (Å²) in [6, 6.07) is 8.37. The number of amides is 1. The van der Waals surface area contributed by atoms with E-state index in [1.807, 2.05) is 6.07 Å². The number of carbonyl (C=O) groups is 1. The molecule has 4 heteroatoms. The molecule has 3 rings (SSSR count). The fraction of sp³-hybridized carbons (Fsp3) is 0.550. The highest BCUT2D eigenvalue weighted by Gasteiger charge is 2.27. The van der Waals surface area contributed by atoms with E-state index in [0.29, 0.717) is 11.8 Å². The van der Waals surface area contributed by atoms with Gasteiger partial charge in [0, 0.05) is 41.5 Å². The summed E-state index contributed by atoms with van der Waals surface area (Å²) in [5.41, 5.74) is 2.44. The van der Waals surface area contributed by atoms with Gasteiger partial charge in [-0.3, -0.25) is 4.79 Å². The van der Waals surface area contributed by atoms with Gasteiger partial charge in [-0.2, -0.15) is 0 Å². The van der Waals surface area contributed by atoms with Crippen molar-refractivity contribution in [2.24, 2.45) is 5.92 Å². The summed E-state index contributed by atoms with van der Waals surface area (Å²) >= 11 is 0. The topological polar surface area (TPSA) is 45.3 Å². The number of aromatic nitrogens is 1. The summed E-state index contributed by atoms with van der Waals surface area (Å²) in [6.07, 6.45) is 3.96. The van der Waals surface area contributed by atoms with Gasteiger partial charge in [-0.25, -0.2) is 0 Å². The van der Waals surface area contributed by atoms with Crippen molar-refractivity contribution < 1.29 is 9.53 Å². The Bertz CT molecular complexity index is 695.